The lowest BCUT2D eigenvalue weighted by Crippen LogP contribution is -2.40. The minimum absolute atomic E-state index is 0.0631. The number of likely N-dealkylation sites (N-methyl/N-ethyl adjacent to an activating group) is 1. The molecule has 8 nitrogen and oxygen atoms in total. The van der Waals surface area contributed by atoms with E-state index in [2.05, 4.69) is 4.98 Å². The van der Waals surface area contributed by atoms with E-state index in [1.165, 1.54) is 18.2 Å². The van der Waals surface area contributed by atoms with Crippen LogP contribution in [0.4, 0.5) is 0 Å². The third kappa shape index (κ3) is 4.06. The number of rotatable bonds is 5. The first-order valence-electron chi connectivity index (χ1n) is 9.41. The SMILES string of the molecule is CN(C(=O)COC(=O)c1cc(-c2ccco2)nc2ccccc12)[C@@H]1CCS(=O)(=O)C1. The van der Waals surface area contributed by atoms with Crippen molar-refractivity contribution in [2.75, 3.05) is 25.2 Å². The van der Waals surface area contributed by atoms with Crippen molar-refractivity contribution in [3.63, 3.8) is 0 Å². The third-order valence-corrected chi connectivity index (χ3v) is 6.94. The zero-order chi connectivity index (χ0) is 21.3. The van der Waals surface area contributed by atoms with E-state index in [1.54, 1.807) is 36.4 Å². The van der Waals surface area contributed by atoms with Crippen LogP contribution in [0.1, 0.15) is 16.8 Å². The van der Waals surface area contributed by atoms with Gasteiger partial charge in [-0.3, -0.25) is 4.79 Å². The topological polar surface area (TPSA) is 107 Å². The summed E-state index contributed by atoms with van der Waals surface area (Å²) in [6, 6.07) is 11.8. The Hall–Kier alpha value is -3.20. The maximum Gasteiger partial charge on any atom is 0.339 e. The molecule has 3 heterocycles. The van der Waals surface area contributed by atoms with E-state index < -0.39 is 34.4 Å². The Kier molecular flexibility index (Phi) is 5.29. The lowest BCUT2D eigenvalue weighted by atomic mass is 10.1. The molecule has 1 fully saturated rings. The fourth-order valence-electron chi connectivity index (χ4n) is 3.49. The quantitative estimate of drug-likeness (QED) is 0.574. The van der Waals surface area contributed by atoms with Crippen LogP contribution in [0.25, 0.3) is 22.4 Å². The largest absolute Gasteiger partial charge is 0.463 e. The Bertz CT molecular complexity index is 1200. The summed E-state index contributed by atoms with van der Waals surface area (Å²) in [6.07, 6.45) is 1.90. The number of ether oxygens (including phenoxy) is 1. The average Bonchev–Trinajstić information content (AvgIpc) is 3.40. The van der Waals surface area contributed by atoms with E-state index in [-0.39, 0.29) is 17.1 Å². The van der Waals surface area contributed by atoms with Gasteiger partial charge in [-0.15, -0.1) is 0 Å². The number of nitrogens with zero attached hydrogens (tertiary/aromatic N) is 2. The summed E-state index contributed by atoms with van der Waals surface area (Å²) in [6.45, 7) is -0.474. The van der Waals surface area contributed by atoms with Gasteiger partial charge in [-0.05, 0) is 30.7 Å². The van der Waals surface area contributed by atoms with Crippen LogP contribution >= 0.6 is 0 Å². The molecule has 0 radical (unpaired) electrons. The highest BCUT2D eigenvalue weighted by atomic mass is 32.2. The number of esters is 1. The van der Waals surface area contributed by atoms with E-state index in [0.29, 0.717) is 28.8 Å². The van der Waals surface area contributed by atoms with Crippen molar-refractivity contribution in [3.05, 3.63) is 54.3 Å². The summed E-state index contributed by atoms with van der Waals surface area (Å²) >= 11 is 0. The molecule has 0 bridgehead atoms. The number of carbonyl (C=O) groups excluding carboxylic acids is 2. The molecular formula is C21H20N2O6S. The zero-order valence-electron chi connectivity index (χ0n) is 16.3. The molecule has 1 amide bonds. The van der Waals surface area contributed by atoms with Gasteiger partial charge in [0.25, 0.3) is 5.91 Å². The van der Waals surface area contributed by atoms with Gasteiger partial charge in [0.1, 0.15) is 5.69 Å². The van der Waals surface area contributed by atoms with Gasteiger partial charge in [0.05, 0.1) is 28.8 Å². The summed E-state index contributed by atoms with van der Waals surface area (Å²) < 4.78 is 33.9. The van der Waals surface area contributed by atoms with E-state index in [4.69, 9.17) is 9.15 Å². The summed E-state index contributed by atoms with van der Waals surface area (Å²) in [5, 5.41) is 0.598. The van der Waals surface area contributed by atoms with Gasteiger partial charge in [0.15, 0.2) is 22.2 Å². The normalized spacial score (nSPS) is 17.7. The molecule has 1 aromatic carbocycles. The fourth-order valence-corrected chi connectivity index (χ4v) is 5.26. The molecule has 0 saturated carbocycles. The van der Waals surface area contributed by atoms with Gasteiger partial charge in [0.2, 0.25) is 0 Å². The Labute approximate surface area is 173 Å². The number of hydrogen-bond donors (Lipinski definition) is 0. The number of aromatic nitrogens is 1. The summed E-state index contributed by atoms with van der Waals surface area (Å²) in [5.74, 6) is -0.608. The minimum atomic E-state index is -3.12. The zero-order valence-corrected chi connectivity index (χ0v) is 17.1. The lowest BCUT2D eigenvalue weighted by molar-refractivity contribution is -0.134. The summed E-state index contributed by atoms with van der Waals surface area (Å²) in [7, 11) is -1.59. The Balaban J connectivity index is 1.52. The molecule has 2 aromatic heterocycles. The number of benzene rings is 1. The molecule has 0 spiro atoms. The van der Waals surface area contributed by atoms with Crippen LogP contribution in [-0.4, -0.2) is 61.4 Å². The minimum Gasteiger partial charge on any atom is -0.463 e. The second-order valence-corrected chi connectivity index (χ2v) is 9.42. The van der Waals surface area contributed by atoms with Gasteiger partial charge in [-0.1, -0.05) is 18.2 Å². The molecule has 4 rings (SSSR count). The van der Waals surface area contributed by atoms with Crippen LogP contribution in [0.2, 0.25) is 0 Å². The lowest BCUT2D eigenvalue weighted by Gasteiger charge is -2.23. The van der Waals surface area contributed by atoms with Crippen molar-refractivity contribution in [3.8, 4) is 11.5 Å². The molecule has 156 valence electrons. The standard InChI is InChI=1S/C21H20N2O6S/c1-23(14-8-10-30(26,27)13-14)20(24)12-29-21(25)16-11-18(19-7-4-9-28-19)22-17-6-3-2-5-15(16)17/h2-7,9,11,14H,8,10,12-13H2,1H3/t14-/m1/s1. The van der Waals surface area contributed by atoms with Gasteiger partial charge < -0.3 is 14.1 Å². The molecule has 1 aliphatic rings. The predicted octanol–water partition coefficient (Wildman–Crippen LogP) is 2.30. The summed E-state index contributed by atoms with van der Waals surface area (Å²) in [5.41, 5.74) is 1.34. The number of fused-ring (bicyclic) bond motifs is 1. The van der Waals surface area contributed by atoms with Gasteiger partial charge in [0, 0.05) is 18.5 Å². The van der Waals surface area contributed by atoms with Crippen molar-refractivity contribution in [2.45, 2.75) is 12.5 Å². The molecule has 1 atom stereocenters. The van der Waals surface area contributed by atoms with Crippen molar-refractivity contribution in [1.82, 2.24) is 9.88 Å². The predicted molar refractivity (Wildman–Crippen MR) is 110 cm³/mol. The van der Waals surface area contributed by atoms with Crippen molar-refractivity contribution in [2.24, 2.45) is 0 Å². The van der Waals surface area contributed by atoms with Crippen LogP contribution in [0, 0.1) is 0 Å². The van der Waals surface area contributed by atoms with E-state index in [9.17, 15) is 18.0 Å². The van der Waals surface area contributed by atoms with Crippen LogP contribution in [0.15, 0.2) is 53.1 Å². The maximum absolute atomic E-state index is 12.8. The third-order valence-electron chi connectivity index (χ3n) is 5.19. The molecule has 0 aliphatic carbocycles. The van der Waals surface area contributed by atoms with Crippen LogP contribution in [0.3, 0.4) is 0 Å². The number of pyridine rings is 1. The van der Waals surface area contributed by atoms with Crippen LogP contribution in [0.5, 0.6) is 0 Å². The fraction of sp³-hybridized carbons (Fsp3) is 0.286. The number of carbonyl (C=O) groups is 2. The smallest absolute Gasteiger partial charge is 0.339 e. The number of hydrogen-bond acceptors (Lipinski definition) is 7. The first-order chi connectivity index (χ1) is 14.3. The van der Waals surface area contributed by atoms with Crippen molar-refractivity contribution >= 4 is 32.6 Å². The van der Waals surface area contributed by atoms with Crippen molar-refractivity contribution < 1.29 is 27.2 Å². The Morgan fingerprint density at radius 1 is 1.23 bits per heavy atom. The van der Waals surface area contributed by atoms with Gasteiger partial charge in [-0.2, -0.15) is 0 Å². The maximum atomic E-state index is 12.8. The second-order valence-electron chi connectivity index (χ2n) is 7.19. The molecule has 0 N–H and O–H groups in total. The molecule has 3 aromatic rings. The molecule has 30 heavy (non-hydrogen) atoms. The highest BCUT2D eigenvalue weighted by molar-refractivity contribution is 7.91. The molecule has 1 saturated heterocycles. The Morgan fingerprint density at radius 2 is 2.03 bits per heavy atom. The second kappa shape index (κ2) is 7.91. The monoisotopic (exact) mass is 428 g/mol. The molecule has 9 heteroatoms. The molecule has 1 aliphatic heterocycles. The number of amides is 1. The van der Waals surface area contributed by atoms with E-state index >= 15 is 0 Å². The molecule has 0 unspecified atom stereocenters. The number of para-hydroxylation sites is 1. The number of sulfone groups is 1. The summed E-state index contributed by atoms with van der Waals surface area (Å²) in [4.78, 5) is 31.1. The van der Waals surface area contributed by atoms with Gasteiger partial charge in [-0.25, -0.2) is 18.2 Å². The van der Waals surface area contributed by atoms with Crippen molar-refractivity contribution in [1.29, 1.82) is 0 Å². The van der Waals surface area contributed by atoms with Crippen LogP contribution < -0.4 is 0 Å². The number of furan rings is 1. The van der Waals surface area contributed by atoms with E-state index in [0.717, 1.165) is 0 Å². The first-order valence-corrected chi connectivity index (χ1v) is 11.2. The first kappa shape index (κ1) is 20.1. The Morgan fingerprint density at radius 3 is 2.73 bits per heavy atom. The van der Waals surface area contributed by atoms with Gasteiger partial charge >= 0.3 is 5.97 Å². The average molecular weight is 428 g/mol. The van der Waals surface area contributed by atoms with E-state index in [1.807, 2.05) is 6.07 Å². The molecular weight excluding hydrogens is 408 g/mol. The van der Waals surface area contributed by atoms with Crippen LogP contribution in [-0.2, 0) is 19.4 Å². The highest BCUT2D eigenvalue weighted by Crippen LogP contribution is 2.26. The highest BCUT2D eigenvalue weighted by Gasteiger charge is 2.33.